The molecular weight excluding hydrogens is 206 g/mol. The lowest BCUT2D eigenvalue weighted by molar-refractivity contribution is 0.258. The van der Waals surface area contributed by atoms with Crippen LogP contribution < -0.4 is 5.32 Å². The van der Waals surface area contributed by atoms with Gasteiger partial charge in [0.15, 0.2) is 0 Å². The highest BCUT2D eigenvalue weighted by Gasteiger charge is 2.22. The third-order valence-corrected chi connectivity index (χ3v) is 4.27. The SMILES string of the molecule is CCCCCCC(CCCC)C1CCCCN1. The molecule has 1 aliphatic rings. The van der Waals surface area contributed by atoms with E-state index in [0.29, 0.717) is 0 Å². The van der Waals surface area contributed by atoms with Crippen molar-refractivity contribution in [1.29, 1.82) is 0 Å². The highest BCUT2D eigenvalue weighted by molar-refractivity contribution is 4.79. The fourth-order valence-corrected chi connectivity index (χ4v) is 3.13. The zero-order chi connectivity index (χ0) is 12.3. The van der Waals surface area contributed by atoms with Gasteiger partial charge in [0.1, 0.15) is 0 Å². The molecule has 102 valence electrons. The predicted molar refractivity (Wildman–Crippen MR) is 77.4 cm³/mol. The van der Waals surface area contributed by atoms with E-state index in [1.54, 1.807) is 0 Å². The molecule has 1 rings (SSSR count). The van der Waals surface area contributed by atoms with Crippen molar-refractivity contribution >= 4 is 0 Å². The summed E-state index contributed by atoms with van der Waals surface area (Å²) in [5.74, 6) is 0.965. The summed E-state index contributed by atoms with van der Waals surface area (Å²) in [6, 6.07) is 0.844. The Labute approximate surface area is 109 Å². The predicted octanol–water partition coefficient (Wildman–Crippen LogP) is 4.91. The van der Waals surface area contributed by atoms with Gasteiger partial charge in [0, 0.05) is 6.04 Å². The molecule has 0 amide bonds. The van der Waals surface area contributed by atoms with E-state index >= 15 is 0 Å². The molecule has 2 unspecified atom stereocenters. The minimum atomic E-state index is 0.844. The molecule has 0 bridgehead atoms. The second-order valence-corrected chi connectivity index (χ2v) is 5.81. The van der Waals surface area contributed by atoms with Crippen molar-refractivity contribution in [2.75, 3.05) is 6.54 Å². The third kappa shape index (κ3) is 6.45. The van der Waals surface area contributed by atoms with E-state index in [9.17, 15) is 0 Å². The molecule has 1 fully saturated rings. The Morgan fingerprint density at radius 3 is 2.35 bits per heavy atom. The second kappa shape index (κ2) is 9.94. The summed E-state index contributed by atoms with van der Waals surface area (Å²) < 4.78 is 0. The van der Waals surface area contributed by atoms with Crippen molar-refractivity contribution in [1.82, 2.24) is 5.32 Å². The van der Waals surface area contributed by atoms with Crippen LogP contribution in [0, 0.1) is 5.92 Å². The third-order valence-electron chi connectivity index (χ3n) is 4.27. The maximum Gasteiger partial charge on any atom is 0.00953 e. The zero-order valence-corrected chi connectivity index (χ0v) is 12.1. The normalized spacial score (nSPS) is 22.6. The summed E-state index contributed by atoms with van der Waals surface area (Å²) >= 11 is 0. The fourth-order valence-electron chi connectivity index (χ4n) is 3.13. The highest BCUT2D eigenvalue weighted by Crippen LogP contribution is 2.25. The molecule has 1 saturated heterocycles. The van der Waals surface area contributed by atoms with E-state index in [1.807, 2.05) is 0 Å². The maximum atomic E-state index is 3.77. The molecule has 0 spiro atoms. The molecule has 17 heavy (non-hydrogen) atoms. The minimum Gasteiger partial charge on any atom is -0.314 e. The van der Waals surface area contributed by atoms with Gasteiger partial charge in [-0.05, 0) is 38.1 Å². The number of hydrogen-bond acceptors (Lipinski definition) is 1. The Morgan fingerprint density at radius 1 is 0.941 bits per heavy atom. The van der Waals surface area contributed by atoms with Gasteiger partial charge in [-0.2, -0.15) is 0 Å². The van der Waals surface area contributed by atoms with Crippen LogP contribution in [0.1, 0.15) is 84.5 Å². The molecule has 0 radical (unpaired) electrons. The number of unbranched alkanes of at least 4 members (excludes halogenated alkanes) is 4. The van der Waals surface area contributed by atoms with Gasteiger partial charge in [0.25, 0.3) is 0 Å². The number of rotatable bonds is 9. The Hall–Kier alpha value is -0.0400. The van der Waals surface area contributed by atoms with Gasteiger partial charge >= 0.3 is 0 Å². The van der Waals surface area contributed by atoms with Crippen LogP contribution in [0.2, 0.25) is 0 Å². The molecule has 0 aliphatic carbocycles. The Bertz CT molecular complexity index is 161. The molecule has 0 saturated carbocycles. The summed E-state index contributed by atoms with van der Waals surface area (Å²) in [6.07, 6.45) is 15.7. The van der Waals surface area contributed by atoms with E-state index in [2.05, 4.69) is 19.2 Å². The monoisotopic (exact) mass is 239 g/mol. The first-order valence-electron chi connectivity index (χ1n) is 8.11. The van der Waals surface area contributed by atoms with Crippen LogP contribution in [0.4, 0.5) is 0 Å². The highest BCUT2D eigenvalue weighted by atomic mass is 14.9. The lowest BCUT2D eigenvalue weighted by Gasteiger charge is -2.31. The van der Waals surface area contributed by atoms with Gasteiger partial charge in [0.05, 0.1) is 0 Å². The second-order valence-electron chi connectivity index (χ2n) is 5.81. The number of piperidine rings is 1. The summed E-state index contributed by atoms with van der Waals surface area (Å²) in [5, 5.41) is 3.77. The molecule has 1 N–H and O–H groups in total. The van der Waals surface area contributed by atoms with Crippen LogP contribution in [0.25, 0.3) is 0 Å². The average molecular weight is 239 g/mol. The molecule has 1 nitrogen and oxygen atoms in total. The van der Waals surface area contributed by atoms with Crippen LogP contribution in [-0.4, -0.2) is 12.6 Å². The molecule has 1 heterocycles. The first-order chi connectivity index (χ1) is 8.38. The first kappa shape index (κ1) is 15.0. The van der Waals surface area contributed by atoms with Crippen molar-refractivity contribution in [2.45, 2.75) is 90.5 Å². The molecule has 1 aliphatic heterocycles. The Morgan fingerprint density at radius 2 is 1.71 bits per heavy atom. The van der Waals surface area contributed by atoms with Gasteiger partial charge in [0.2, 0.25) is 0 Å². The van der Waals surface area contributed by atoms with Crippen LogP contribution >= 0.6 is 0 Å². The summed E-state index contributed by atoms with van der Waals surface area (Å²) in [7, 11) is 0. The molecular formula is C16H33N. The average Bonchev–Trinajstić information content (AvgIpc) is 2.39. The quantitative estimate of drug-likeness (QED) is 0.564. The Balaban J connectivity index is 2.25. The molecule has 2 atom stereocenters. The maximum absolute atomic E-state index is 3.77. The molecule has 0 aromatic rings. The van der Waals surface area contributed by atoms with Crippen LogP contribution in [0.15, 0.2) is 0 Å². The zero-order valence-electron chi connectivity index (χ0n) is 12.1. The standard InChI is InChI=1S/C16H33N/c1-3-5-7-8-12-15(11-6-4-2)16-13-9-10-14-17-16/h15-17H,3-14H2,1-2H3. The summed E-state index contributed by atoms with van der Waals surface area (Å²) in [4.78, 5) is 0. The van der Waals surface area contributed by atoms with Crippen LogP contribution in [0.3, 0.4) is 0 Å². The number of nitrogens with one attached hydrogen (secondary N) is 1. The number of hydrogen-bond donors (Lipinski definition) is 1. The van der Waals surface area contributed by atoms with Gasteiger partial charge in [-0.3, -0.25) is 0 Å². The topological polar surface area (TPSA) is 12.0 Å². The van der Waals surface area contributed by atoms with Gasteiger partial charge in [-0.1, -0.05) is 58.8 Å². The van der Waals surface area contributed by atoms with Crippen molar-refractivity contribution in [3.05, 3.63) is 0 Å². The van der Waals surface area contributed by atoms with Crippen molar-refractivity contribution in [3.63, 3.8) is 0 Å². The molecule has 0 aromatic heterocycles. The Kier molecular flexibility index (Phi) is 8.78. The van der Waals surface area contributed by atoms with E-state index in [4.69, 9.17) is 0 Å². The van der Waals surface area contributed by atoms with E-state index in [-0.39, 0.29) is 0 Å². The lowest BCUT2D eigenvalue weighted by atomic mass is 9.84. The van der Waals surface area contributed by atoms with E-state index < -0.39 is 0 Å². The van der Waals surface area contributed by atoms with Crippen LogP contribution in [-0.2, 0) is 0 Å². The van der Waals surface area contributed by atoms with Crippen molar-refractivity contribution in [2.24, 2.45) is 5.92 Å². The smallest absolute Gasteiger partial charge is 0.00953 e. The van der Waals surface area contributed by atoms with Gasteiger partial charge in [-0.15, -0.1) is 0 Å². The minimum absolute atomic E-state index is 0.844. The molecule has 0 aromatic carbocycles. The summed E-state index contributed by atoms with van der Waals surface area (Å²) in [6.45, 7) is 5.89. The van der Waals surface area contributed by atoms with Crippen molar-refractivity contribution < 1.29 is 0 Å². The van der Waals surface area contributed by atoms with Gasteiger partial charge in [-0.25, -0.2) is 0 Å². The largest absolute Gasteiger partial charge is 0.314 e. The van der Waals surface area contributed by atoms with Gasteiger partial charge < -0.3 is 5.32 Å². The van der Waals surface area contributed by atoms with Crippen molar-refractivity contribution in [3.8, 4) is 0 Å². The fraction of sp³-hybridized carbons (Fsp3) is 1.00. The lowest BCUT2D eigenvalue weighted by Crippen LogP contribution is -2.40. The summed E-state index contributed by atoms with van der Waals surface area (Å²) in [5.41, 5.74) is 0. The van der Waals surface area contributed by atoms with E-state index in [0.717, 1.165) is 12.0 Å². The van der Waals surface area contributed by atoms with E-state index in [1.165, 1.54) is 77.2 Å². The molecule has 1 heteroatoms. The first-order valence-corrected chi connectivity index (χ1v) is 8.11. The van der Waals surface area contributed by atoms with Crippen LogP contribution in [0.5, 0.6) is 0 Å².